The highest BCUT2D eigenvalue weighted by Gasteiger charge is 2.37. The van der Waals surface area contributed by atoms with Crippen molar-refractivity contribution in [1.82, 2.24) is 0 Å². The van der Waals surface area contributed by atoms with Crippen LogP contribution in [0.2, 0.25) is 5.02 Å². The molecule has 0 unspecified atom stereocenters. The van der Waals surface area contributed by atoms with Crippen molar-refractivity contribution in [3.63, 3.8) is 0 Å². The Bertz CT molecular complexity index is 881. The van der Waals surface area contributed by atoms with E-state index in [1.807, 2.05) is 24.3 Å². The van der Waals surface area contributed by atoms with E-state index in [2.05, 4.69) is 48.5 Å². The minimum absolute atomic E-state index is 0.309. The van der Waals surface area contributed by atoms with Crippen LogP contribution in [-0.2, 0) is 9.47 Å². The zero-order valence-electron chi connectivity index (χ0n) is 14.3. The van der Waals surface area contributed by atoms with E-state index in [-0.39, 0.29) is 6.29 Å². The van der Waals surface area contributed by atoms with E-state index >= 15 is 0 Å². The molecule has 1 aliphatic heterocycles. The van der Waals surface area contributed by atoms with Gasteiger partial charge in [0.05, 0.1) is 13.2 Å². The fraction of sp³-hybridized carbons (Fsp3) is 0.217. The van der Waals surface area contributed by atoms with Crippen LogP contribution in [0, 0.1) is 5.92 Å². The highest BCUT2D eigenvalue weighted by Crippen LogP contribution is 2.49. The van der Waals surface area contributed by atoms with Crippen molar-refractivity contribution in [2.75, 3.05) is 13.2 Å². The second-order valence-electron chi connectivity index (χ2n) is 6.96. The lowest BCUT2D eigenvalue weighted by atomic mass is 9.84. The second-order valence-corrected chi connectivity index (χ2v) is 7.40. The molecule has 0 saturated carbocycles. The monoisotopic (exact) mass is 362 g/mol. The Labute approximate surface area is 158 Å². The summed E-state index contributed by atoms with van der Waals surface area (Å²) >= 11 is 5.97. The van der Waals surface area contributed by atoms with Gasteiger partial charge < -0.3 is 9.47 Å². The number of ether oxygens (including phenoxy) is 2. The molecule has 0 amide bonds. The summed E-state index contributed by atoms with van der Waals surface area (Å²) in [5, 5.41) is 0.724. The molecule has 3 heteroatoms. The Morgan fingerprint density at radius 3 is 1.81 bits per heavy atom. The van der Waals surface area contributed by atoms with Crippen LogP contribution < -0.4 is 0 Å². The lowest BCUT2D eigenvalue weighted by molar-refractivity contribution is -0.207. The van der Waals surface area contributed by atoms with E-state index < -0.39 is 0 Å². The Hall–Kier alpha value is -2.13. The average molecular weight is 363 g/mol. The van der Waals surface area contributed by atoms with Crippen LogP contribution in [0.1, 0.15) is 28.9 Å². The number of fused-ring (bicyclic) bond motifs is 3. The van der Waals surface area contributed by atoms with Gasteiger partial charge in [-0.1, -0.05) is 72.3 Å². The van der Waals surface area contributed by atoms with Gasteiger partial charge in [0.2, 0.25) is 0 Å². The molecule has 2 aliphatic rings. The smallest absolute Gasteiger partial charge is 0.183 e. The topological polar surface area (TPSA) is 18.5 Å². The largest absolute Gasteiger partial charge is 0.348 e. The fourth-order valence-corrected chi connectivity index (χ4v) is 4.35. The van der Waals surface area contributed by atoms with Gasteiger partial charge in [0.15, 0.2) is 6.29 Å². The van der Waals surface area contributed by atoms with Gasteiger partial charge in [-0.15, -0.1) is 0 Å². The van der Waals surface area contributed by atoms with E-state index in [0.717, 1.165) is 10.6 Å². The molecule has 1 saturated heterocycles. The molecule has 0 atom stereocenters. The molecule has 3 aromatic carbocycles. The molecule has 5 rings (SSSR count). The number of rotatable bonds is 2. The predicted octanol–water partition coefficient (Wildman–Crippen LogP) is 5.81. The minimum atomic E-state index is -0.310. The molecule has 3 aromatic rings. The number of halogens is 1. The van der Waals surface area contributed by atoms with Crippen molar-refractivity contribution in [2.24, 2.45) is 5.92 Å². The molecule has 0 spiro atoms. The second kappa shape index (κ2) is 6.55. The molecule has 1 heterocycles. The first kappa shape index (κ1) is 16.1. The van der Waals surface area contributed by atoms with Crippen LogP contribution in [0.3, 0.4) is 0 Å². The quantitative estimate of drug-likeness (QED) is 0.572. The van der Waals surface area contributed by atoms with Gasteiger partial charge in [0.1, 0.15) is 0 Å². The molecule has 1 aliphatic carbocycles. The number of hydrogen-bond acceptors (Lipinski definition) is 2. The summed E-state index contributed by atoms with van der Waals surface area (Å²) in [5.74, 6) is 0.636. The molecule has 130 valence electrons. The fourth-order valence-electron chi connectivity index (χ4n) is 4.23. The van der Waals surface area contributed by atoms with Crippen molar-refractivity contribution < 1.29 is 9.47 Å². The van der Waals surface area contributed by atoms with E-state index in [9.17, 15) is 0 Å². The van der Waals surface area contributed by atoms with Crippen molar-refractivity contribution in [3.05, 3.63) is 94.5 Å². The van der Waals surface area contributed by atoms with Crippen LogP contribution in [0.5, 0.6) is 0 Å². The van der Waals surface area contributed by atoms with Crippen LogP contribution in [0.25, 0.3) is 11.1 Å². The van der Waals surface area contributed by atoms with Crippen molar-refractivity contribution in [2.45, 2.75) is 12.2 Å². The molecule has 2 nitrogen and oxygen atoms in total. The van der Waals surface area contributed by atoms with Crippen molar-refractivity contribution >= 4 is 11.6 Å². The highest BCUT2D eigenvalue weighted by molar-refractivity contribution is 6.30. The summed E-state index contributed by atoms with van der Waals surface area (Å²) in [6.45, 7) is 1.36. The summed E-state index contributed by atoms with van der Waals surface area (Å²) < 4.78 is 12.2. The third-order valence-electron chi connectivity index (χ3n) is 5.42. The van der Waals surface area contributed by atoms with Gasteiger partial charge in [0, 0.05) is 22.4 Å². The molecular weight excluding hydrogens is 344 g/mol. The van der Waals surface area contributed by atoms with Crippen LogP contribution >= 0.6 is 11.6 Å². The first-order valence-corrected chi connectivity index (χ1v) is 9.36. The average Bonchev–Trinajstić information content (AvgIpc) is 3.03. The standard InChI is InChI=1S/C23H19ClO2/c24-17-11-9-15(10-12-17)23-25-13-16(14-26-23)22-20-7-3-1-5-18(20)19-6-2-4-8-21(19)22/h1-12,16,22-23H,13-14H2. The number of benzene rings is 3. The summed E-state index contributed by atoms with van der Waals surface area (Å²) in [6, 6.07) is 25.1. The predicted molar refractivity (Wildman–Crippen MR) is 103 cm³/mol. The first-order valence-electron chi connectivity index (χ1n) is 8.98. The van der Waals surface area contributed by atoms with Crippen LogP contribution in [0.15, 0.2) is 72.8 Å². The minimum Gasteiger partial charge on any atom is -0.348 e. The SMILES string of the molecule is Clc1ccc(C2OCC(C3c4ccccc4-c4ccccc43)CO2)cc1. The Kier molecular flexibility index (Phi) is 4.05. The van der Waals surface area contributed by atoms with Crippen molar-refractivity contribution in [3.8, 4) is 11.1 Å². The van der Waals surface area contributed by atoms with E-state index in [0.29, 0.717) is 25.0 Å². The summed E-state index contributed by atoms with van der Waals surface area (Å²) in [7, 11) is 0. The van der Waals surface area contributed by atoms with Gasteiger partial charge in [-0.3, -0.25) is 0 Å². The van der Waals surface area contributed by atoms with E-state index in [1.54, 1.807) is 0 Å². The van der Waals surface area contributed by atoms with Crippen LogP contribution in [0.4, 0.5) is 0 Å². The first-order chi connectivity index (χ1) is 12.8. The summed E-state index contributed by atoms with van der Waals surface area (Å²) in [6.07, 6.45) is -0.310. The summed E-state index contributed by atoms with van der Waals surface area (Å²) in [4.78, 5) is 0. The molecule has 0 N–H and O–H groups in total. The van der Waals surface area contributed by atoms with Crippen molar-refractivity contribution in [1.29, 1.82) is 0 Å². The maximum Gasteiger partial charge on any atom is 0.183 e. The van der Waals surface area contributed by atoms with Gasteiger partial charge >= 0.3 is 0 Å². The zero-order chi connectivity index (χ0) is 17.5. The lowest BCUT2D eigenvalue weighted by Gasteiger charge is -2.33. The molecule has 0 aromatic heterocycles. The van der Waals surface area contributed by atoms with Gasteiger partial charge in [-0.05, 0) is 34.4 Å². The molecule has 0 bridgehead atoms. The Morgan fingerprint density at radius 1 is 0.692 bits per heavy atom. The third kappa shape index (κ3) is 2.66. The molecular formula is C23H19ClO2. The maximum absolute atomic E-state index is 6.09. The lowest BCUT2D eigenvalue weighted by Crippen LogP contribution is -2.31. The molecule has 26 heavy (non-hydrogen) atoms. The zero-order valence-corrected chi connectivity index (χ0v) is 15.0. The number of hydrogen-bond donors (Lipinski definition) is 0. The van der Waals surface area contributed by atoms with Gasteiger partial charge in [0.25, 0.3) is 0 Å². The van der Waals surface area contributed by atoms with Gasteiger partial charge in [-0.2, -0.15) is 0 Å². The Balaban J connectivity index is 1.41. The van der Waals surface area contributed by atoms with Gasteiger partial charge in [-0.25, -0.2) is 0 Å². The molecule has 1 fully saturated rings. The normalized spacial score (nSPS) is 22.0. The maximum atomic E-state index is 6.09. The Morgan fingerprint density at radius 2 is 1.23 bits per heavy atom. The third-order valence-corrected chi connectivity index (χ3v) is 5.67. The summed E-state index contributed by atoms with van der Waals surface area (Å²) in [5.41, 5.74) is 6.47. The van der Waals surface area contributed by atoms with Crippen LogP contribution in [-0.4, -0.2) is 13.2 Å². The van der Waals surface area contributed by atoms with E-state index in [4.69, 9.17) is 21.1 Å². The highest BCUT2D eigenvalue weighted by atomic mass is 35.5. The van der Waals surface area contributed by atoms with E-state index in [1.165, 1.54) is 22.3 Å². The molecule has 0 radical (unpaired) electrons.